The van der Waals surface area contributed by atoms with E-state index < -0.39 is 0 Å². The van der Waals surface area contributed by atoms with Crippen molar-refractivity contribution >= 4 is 0 Å². The van der Waals surface area contributed by atoms with E-state index in [-0.39, 0.29) is 0 Å². The average molecular weight is 264 g/mol. The number of aryl methyl sites for hydroxylation is 1. The standard InChI is InChI=1S/C14H24N4O/c1-3-16-4-6-18(7-5-16)13-9-17(10-13)11-14-8-12(2)15-19-14/h8,13H,3-7,9-11H2,1-2H3. The van der Waals surface area contributed by atoms with Crippen LogP contribution < -0.4 is 0 Å². The molecule has 1 aromatic rings. The van der Waals surface area contributed by atoms with Crippen molar-refractivity contribution in [3.05, 3.63) is 17.5 Å². The Bertz CT molecular complexity index is 405. The molecule has 5 nitrogen and oxygen atoms in total. The Morgan fingerprint density at radius 3 is 2.53 bits per heavy atom. The van der Waals surface area contributed by atoms with E-state index in [9.17, 15) is 0 Å². The van der Waals surface area contributed by atoms with Crippen molar-refractivity contribution in [3.8, 4) is 0 Å². The van der Waals surface area contributed by atoms with E-state index in [0.717, 1.165) is 24.0 Å². The van der Waals surface area contributed by atoms with Crippen LogP contribution in [-0.2, 0) is 6.54 Å². The second kappa shape index (κ2) is 5.61. The molecule has 0 saturated carbocycles. The van der Waals surface area contributed by atoms with Crippen LogP contribution in [-0.4, -0.2) is 71.7 Å². The maximum atomic E-state index is 5.27. The number of hydrogen-bond acceptors (Lipinski definition) is 5. The van der Waals surface area contributed by atoms with E-state index >= 15 is 0 Å². The van der Waals surface area contributed by atoms with Crippen LogP contribution in [0.3, 0.4) is 0 Å². The first kappa shape index (κ1) is 13.1. The van der Waals surface area contributed by atoms with Crippen LogP contribution in [0.4, 0.5) is 0 Å². The third kappa shape index (κ3) is 2.99. The summed E-state index contributed by atoms with van der Waals surface area (Å²) in [4.78, 5) is 7.62. The lowest BCUT2D eigenvalue weighted by Gasteiger charge is -2.47. The van der Waals surface area contributed by atoms with Crippen molar-refractivity contribution in [3.63, 3.8) is 0 Å². The van der Waals surface area contributed by atoms with Crippen LogP contribution >= 0.6 is 0 Å². The summed E-state index contributed by atoms with van der Waals surface area (Å²) < 4.78 is 5.27. The Morgan fingerprint density at radius 1 is 1.21 bits per heavy atom. The minimum absolute atomic E-state index is 0.753. The molecule has 0 aliphatic carbocycles. The summed E-state index contributed by atoms with van der Waals surface area (Å²) in [6.45, 7) is 13.6. The molecule has 1 aromatic heterocycles. The topological polar surface area (TPSA) is 35.8 Å². The number of rotatable bonds is 4. The van der Waals surface area contributed by atoms with Gasteiger partial charge >= 0.3 is 0 Å². The number of hydrogen-bond donors (Lipinski definition) is 0. The SMILES string of the molecule is CCN1CCN(C2CN(Cc3cc(C)no3)C2)CC1. The Morgan fingerprint density at radius 2 is 1.95 bits per heavy atom. The Kier molecular flexibility index (Phi) is 3.86. The molecule has 0 amide bonds. The highest BCUT2D eigenvalue weighted by Crippen LogP contribution is 2.19. The first-order valence-electron chi connectivity index (χ1n) is 7.35. The van der Waals surface area contributed by atoms with Gasteiger partial charge in [0.15, 0.2) is 5.76 Å². The molecule has 3 heterocycles. The molecule has 3 rings (SSSR count). The van der Waals surface area contributed by atoms with Gasteiger partial charge in [-0.25, -0.2) is 0 Å². The number of nitrogens with zero attached hydrogens (tertiary/aromatic N) is 4. The maximum Gasteiger partial charge on any atom is 0.150 e. The number of likely N-dealkylation sites (N-methyl/N-ethyl adjacent to an activating group) is 1. The number of piperazine rings is 1. The van der Waals surface area contributed by atoms with Gasteiger partial charge in [-0.05, 0) is 13.5 Å². The quantitative estimate of drug-likeness (QED) is 0.804. The van der Waals surface area contributed by atoms with Crippen molar-refractivity contribution in [1.29, 1.82) is 0 Å². The molecule has 106 valence electrons. The highest BCUT2D eigenvalue weighted by Gasteiger charge is 2.33. The monoisotopic (exact) mass is 264 g/mol. The first-order chi connectivity index (χ1) is 9.24. The van der Waals surface area contributed by atoms with Crippen molar-refractivity contribution in [1.82, 2.24) is 19.9 Å². The Balaban J connectivity index is 1.41. The summed E-state index contributed by atoms with van der Waals surface area (Å²) in [7, 11) is 0. The van der Waals surface area contributed by atoms with Gasteiger partial charge in [0.2, 0.25) is 0 Å². The van der Waals surface area contributed by atoms with E-state index in [0.29, 0.717) is 0 Å². The van der Waals surface area contributed by atoms with Gasteiger partial charge in [-0.2, -0.15) is 0 Å². The third-order valence-electron chi connectivity index (χ3n) is 4.36. The zero-order chi connectivity index (χ0) is 13.2. The third-order valence-corrected chi connectivity index (χ3v) is 4.36. The van der Waals surface area contributed by atoms with Gasteiger partial charge in [-0.1, -0.05) is 12.1 Å². The molecule has 5 heteroatoms. The summed E-state index contributed by atoms with van der Waals surface area (Å²) in [5.74, 6) is 0.992. The van der Waals surface area contributed by atoms with Crippen LogP contribution in [0.1, 0.15) is 18.4 Å². The predicted molar refractivity (Wildman–Crippen MR) is 74.0 cm³/mol. The summed E-state index contributed by atoms with van der Waals surface area (Å²) in [6.07, 6.45) is 0. The maximum absolute atomic E-state index is 5.27. The molecular weight excluding hydrogens is 240 g/mol. The zero-order valence-electron chi connectivity index (χ0n) is 12.0. The number of aromatic nitrogens is 1. The molecule has 0 radical (unpaired) electrons. The van der Waals surface area contributed by atoms with Crippen LogP contribution in [0, 0.1) is 6.92 Å². The smallest absolute Gasteiger partial charge is 0.150 e. The van der Waals surface area contributed by atoms with E-state index in [4.69, 9.17) is 4.52 Å². The van der Waals surface area contributed by atoms with Crippen LogP contribution in [0.15, 0.2) is 10.6 Å². The fourth-order valence-corrected chi connectivity index (χ4v) is 3.06. The van der Waals surface area contributed by atoms with Gasteiger partial charge in [-0.15, -0.1) is 0 Å². The minimum Gasteiger partial charge on any atom is -0.360 e. The van der Waals surface area contributed by atoms with Crippen molar-refractivity contribution in [2.75, 3.05) is 45.8 Å². The van der Waals surface area contributed by atoms with Crippen LogP contribution in [0.2, 0.25) is 0 Å². The van der Waals surface area contributed by atoms with Gasteiger partial charge in [-0.3, -0.25) is 9.80 Å². The molecule has 2 aliphatic heterocycles. The highest BCUT2D eigenvalue weighted by atomic mass is 16.5. The minimum atomic E-state index is 0.753. The van der Waals surface area contributed by atoms with E-state index in [1.807, 2.05) is 13.0 Å². The zero-order valence-corrected chi connectivity index (χ0v) is 12.0. The Labute approximate surface area is 115 Å². The predicted octanol–water partition coefficient (Wildman–Crippen LogP) is 0.805. The molecule has 0 unspecified atom stereocenters. The van der Waals surface area contributed by atoms with Crippen LogP contribution in [0.5, 0.6) is 0 Å². The molecule has 0 spiro atoms. The lowest BCUT2D eigenvalue weighted by molar-refractivity contribution is -0.00138. The van der Waals surface area contributed by atoms with Gasteiger partial charge in [0.05, 0.1) is 12.2 Å². The second-order valence-electron chi connectivity index (χ2n) is 5.75. The Hall–Kier alpha value is -0.910. The molecule has 2 fully saturated rings. The number of likely N-dealkylation sites (tertiary alicyclic amines) is 1. The van der Waals surface area contributed by atoms with Gasteiger partial charge in [0.1, 0.15) is 0 Å². The molecule has 2 saturated heterocycles. The summed E-state index contributed by atoms with van der Waals surface area (Å²) >= 11 is 0. The van der Waals surface area contributed by atoms with E-state index in [2.05, 4.69) is 26.8 Å². The fraction of sp³-hybridized carbons (Fsp3) is 0.786. The molecule has 2 aliphatic rings. The van der Waals surface area contributed by atoms with Gasteiger partial charge in [0, 0.05) is 51.4 Å². The highest BCUT2D eigenvalue weighted by molar-refractivity contribution is 5.04. The summed E-state index contributed by atoms with van der Waals surface area (Å²) in [6, 6.07) is 2.79. The normalized spacial score (nSPS) is 23.7. The molecule has 19 heavy (non-hydrogen) atoms. The molecule has 0 bridgehead atoms. The van der Waals surface area contributed by atoms with Crippen molar-refractivity contribution in [2.45, 2.75) is 26.4 Å². The molecule has 0 N–H and O–H groups in total. The molecule has 0 atom stereocenters. The summed E-state index contributed by atoms with van der Waals surface area (Å²) in [5.41, 5.74) is 0.975. The molecular formula is C14H24N4O. The van der Waals surface area contributed by atoms with Crippen LogP contribution in [0.25, 0.3) is 0 Å². The summed E-state index contributed by atoms with van der Waals surface area (Å²) in [5, 5.41) is 3.94. The molecule has 0 aromatic carbocycles. The van der Waals surface area contributed by atoms with E-state index in [1.54, 1.807) is 0 Å². The first-order valence-corrected chi connectivity index (χ1v) is 7.35. The van der Waals surface area contributed by atoms with E-state index in [1.165, 1.54) is 45.8 Å². The van der Waals surface area contributed by atoms with Crippen molar-refractivity contribution in [2.24, 2.45) is 0 Å². The average Bonchev–Trinajstić information content (AvgIpc) is 2.79. The lowest BCUT2D eigenvalue weighted by Crippen LogP contribution is -2.62. The van der Waals surface area contributed by atoms with Crippen molar-refractivity contribution < 1.29 is 4.52 Å². The second-order valence-corrected chi connectivity index (χ2v) is 5.75. The van der Waals surface area contributed by atoms with Gasteiger partial charge < -0.3 is 9.42 Å². The largest absolute Gasteiger partial charge is 0.360 e. The lowest BCUT2D eigenvalue weighted by atomic mass is 10.1. The fourth-order valence-electron chi connectivity index (χ4n) is 3.06. The van der Waals surface area contributed by atoms with Gasteiger partial charge in [0.25, 0.3) is 0 Å².